The molecule has 21 heavy (non-hydrogen) atoms. The van der Waals surface area contributed by atoms with Crippen molar-refractivity contribution in [1.29, 1.82) is 0 Å². The summed E-state index contributed by atoms with van der Waals surface area (Å²) in [7, 11) is 0. The average Bonchev–Trinajstić information content (AvgIpc) is 3.15. The molecule has 0 amide bonds. The summed E-state index contributed by atoms with van der Waals surface area (Å²) >= 11 is 6.13. The molecule has 114 valence electrons. The van der Waals surface area contributed by atoms with Crippen molar-refractivity contribution in [2.75, 3.05) is 0 Å². The minimum absolute atomic E-state index is 0.143. The average molecular weight is 307 g/mol. The largest absolute Gasteiger partial charge is 0.489 e. The highest BCUT2D eigenvalue weighted by molar-refractivity contribution is 6.16. The predicted octanol–water partition coefficient (Wildman–Crippen LogP) is 4.92. The molecule has 4 heteroatoms. The molecule has 0 radical (unpaired) electrons. The van der Waals surface area contributed by atoms with Gasteiger partial charge in [-0.25, -0.2) is 4.98 Å². The Morgan fingerprint density at radius 1 is 1.33 bits per heavy atom. The summed E-state index contributed by atoms with van der Waals surface area (Å²) < 4.78 is 8.19. The van der Waals surface area contributed by atoms with E-state index in [-0.39, 0.29) is 6.10 Å². The molecule has 3 rings (SSSR count). The second-order valence-electron chi connectivity index (χ2n) is 6.35. The lowest BCUT2D eigenvalue weighted by molar-refractivity contribution is 0.245. The molecule has 3 nitrogen and oxygen atoms in total. The van der Waals surface area contributed by atoms with Gasteiger partial charge in [0.25, 0.3) is 0 Å². The van der Waals surface area contributed by atoms with E-state index in [0.717, 1.165) is 28.5 Å². The van der Waals surface area contributed by atoms with Crippen molar-refractivity contribution in [3.05, 3.63) is 24.0 Å². The third-order valence-electron chi connectivity index (χ3n) is 4.05. The fourth-order valence-electron chi connectivity index (χ4n) is 3.02. The lowest BCUT2D eigenvalue weighted by Gasteiger charge is -2.17. The number of alkyl halides is 1. The first-order valence-electron chi connectivity index (χ1n) is 7.82. The lowest BCUT2D eigenvalue weighted by atomic mass is 10.1. The fraction of sp³-hybridized carbons (Fsp3) is 0.588. The number of para-hydroxylation sites is 1. The summed E-state index contributed by atoms with van der Waals surface area (Å²) in [6, 6.07) is 6.59. The molecule has 1 atom stereocenters. The normalized spacial score (nSPS) is 16.6. The molecule has 1 unspecified atom stereocenters. The molecule has 1 saturated carbocycles. The van der Waals surface area contributed by atoms with Crippen molar-refractivity contribution in [1.82, 2.24) is 9.55 Å². The maximum atomic E-state index is 6.13. The molecular formula is C17H23ClN2O. The van der Waals surface area contributed by atoms with Crippen molar-refractivity contribution in [2.45, 2.75) is 58.1 Å². The molecule has 1 aromatic heterocycles. The van der Waals surface area contributed by atoms with Gasteiger partial charge in [0.05, 0.1) is 17.5 Å². The predicted molar refractivity (Wildman–Crippen MR) is 87.1 cm³/mol. The number of imidazole rings is 1. The van der Waals surface area contributed by atoms with E-state index < -0.39 is 0 Å². The summed E-state index contributed by atoms with van der Waals surface area (Å²) in [6.45, 7) is 6.34. The van der Waals surface area contributed by atoms with Crippen LogP contribution in [0.2, 0.25) is 0 Å². The minimum Gasteiger partial charge on any atom is -0.489 e. The third-order valence-corrected chi connectivity index (χ3v) is 4.29. The summed E-state index contributed by atoms with van der Waals surface area (Å²) in [5.41, 5.74) is 2.07. The Kier molecular flexibility index (Phi) is 4.12. The van der Waals surface area contributed by atoms with E-state index in [1.807, 2.05) is 26.0 Å². The van der Waals surface area contributed by atoms with E-state index in [2.05, 4.69) is 17.6 Å². The van der Waals surface area contributed by atoms with Gasteiger partial charge in [0.1, 0.15) is 17.1 Å². The van der Waals surface area contributed by atoms with Gasteiger partial charge in [0.2, 0.25) is 0 Å². The van der Waals surface area contributed by atoms with Crippen LogP contribution in [0.4, 0.5) is 0 Å². The second kappa shape index (κ2) is 5.88. The van der Waals surface area contributed by atoms with Gasteiger partial charge in [-0.1, -0.05) is 18.9 Å². The fourth-order valence-corrected chi connectivity index (χ4v) is 3.20. The van der Waals surface area contributed by atoms with Gasteiger partial charge < -0.3 is 9.30 Å². The van der Waals surface area contributed by atoms with E-state index in [4.69, 9.17) is 21.3 Å². The monoisotopic (exact) mass is 306 g/mol. The van der Waals surface area contributed by atoms with Crippen LogP contribution in [0.25, 0.3) is 11.0 Å². The highest BCUT2D eigenvalue weighted by Crippen LogP contribution is 2.39. The summed E-state index contributed by atoms with van der Waals surface area (Å²) in [4.78, 5) is 4.74. The number of rotatable bonds is 6. The van der Waals surface area contributed by atoms with E-state index in [9.17, 15) is 0 Å². The first-order valence-corrected chi connectivity index (χ1v) is 8.36. The van der Waals surface area contributed by atoms with Gasteiger partial charge in [0.15, 0.2) is 0 Å². The molecule has 0 saturated heterocycles. The van der Waals surface area contributed by atoms with Gasteiger partial charge in [0, 0.05) is 6.04 Å². The summed E-state index contributed by atoms with van der Waals surface area (Å²) in [5.74, 6) is 3.12. The first-order chi connectivity index (χ1) is 10.1. The van der Waals surface area contributed by atoms with Crippen LogP contribution in [0.3, 0.4) is 0 Å². The van der Waals surface area contributed by atoms with Crippen LogP contribution in [0.5, 0.6) is 5.75 Å². The van der Waals surface area contributed by atoms with Gasteiger partial charge in [-0.05, 0) is 45.2 Å². The third kappa shape index (κ3) is 3.03. The lowest BCUT2D eigenvalue weighted by Crippen LogP contribution is -2.09. The maximum Gasteiger partial charge on any atom is 0.147 e. The molecule has 1 fully saturated rings. The van der Waals surface area contributed by atoms with Crippen LogP contribution in [-0.4, -0.2) is 15.7 Å². The Labute approximate surface area is 131 Å². The van der Waals surface area contributed by atoms with Crippen molar-refractivity contribution in [2.24, 2.45) is 5.92 Å². The van der Waals surface area contributed by atoms with Crippen LogP contribution >= 0.6 is 11.6 Å². The van der Waals surface area contributed by atoms with Crippen LogP contribution in [0.1, 0.15) is 51.9 Å². The molecule has 0 N–H and O–H groups in total. The summed E-state index contributed by atoms with van der Waals surface area (Å²) in [5, 5.41) is 0. The molecule has 1 heterocycles. The van der Waals surface area contributed by atoms with Crippen molar-refractivity contribution >= 4 is 22.6 Å². The van der Waals surface area contributed by atoms with Gasteiger partial charge in [-0.15, -0.1) is 11.6 Å². The quantitative estimate of drug-likeness (QED) is 0.708. The van der Waals surface area contributed by atoms with Crippen LogP contribution < -0.4 is 4.74 Å². The standard InChI is InChI=1S/C17H23ClN2O/c1-11(2)21-15-6-4-5-14-17(15)19-16(10-18)20(14)12(3)9-13-7-8-13/h4-6,11-13H,7-10H2,1-3H3. The number of hydrogen-bond acceptors (Lipinski definition) is 2. The number of halogens is 1. The summed E-state index contributed by atoms with van der Waals surface area (Å²) in [6.07, 6.45) is 4.10. The number of nitrogens with zero attached hydrogens (tertiary/aromatic N) is 2. The zero-order valence-electron chi connectivity index (χ0n) is 13.0. The highest BCUT2D eigenvalue weighted by atomic mass is 35.5. The van der Waals surface area contributed by atoms with E-state index in [0.29, 0.717) is 11.9 Å². The van der Waals surface area contributed by atoms with Gasteiger partial charge >= 0.3 is 0 Å². The molecule has 1 aromatic carbocycles. The Hall–Kier alpha value is -1.22. The SMILES string of the molecule is CC(C)Oc1cccc2c1nc(CCl)n2C(C)CC1CC1. The smallest absolute Gasteiger partial charge is 0.147 e. The highest BCUT2D eigenvalue weighted by Gasteiger charge is 2.26. The topological polar surface area (TPSA) is 27.1 Å². The Morgan fingerprint density at radius 3 is 2.71 bits per heavy atom. The molecule has 1 aliphatic carbocycles. The molecule has 2 aromatic rings. The van der Waals surface area contributed by atoms with Crippen LogP contribution in [0, 0.1) is 5.92 Å². The van der Waals surface area contributed by atoms with Gasteiger partial charge in [-0.2, -0.15) is 0 Å². The number of fused-ring (bicyclic) bond motifs is 1. The molecule has 0 aliphatic heterocycles. The first kappa shape index (κ1) is 14.7. The number of aromatic nitrogens is 2. The van der Waals surface area contributed by atoms with Crippen molar-refractivity contribution < 1.29 is 4.74 Å². The molecular weight excluding hydrogens is 284 g/mol. The number of benzene rings is 1. The molecule has 1 aliphatic rings. The Bertz CT molecular complexity index is 631. The van der Waals surface area contributed by atoms with E-state index in [1.54, 1.807) is 0 Å². The van der Waals surface area contributed by atoms with Gasteiger partial charge in [-0.3, -0.25) is 0 Å². The van der Waals surface area contributed by atoms with E-state index >= 15 is 0 Å². The van der Waals surface area contributed by atoms with Crippen LogP contribution in [0.15, 0.2) is 18.2 Å². The van der Waals surface area contributed by atoms with Crippen molar-refractivity contribution in [3.63, 3.8) is 0 Å². The maximum absolute atomic E-state index is 6.13. The number of ether oxygens (including phenoxy) is 1. The zero-order chi connectivity index (χ0) is 15.0. The Morgan fingerprint density at radius 2 is 2.10 bits per heavy atom. The van der Waals surface area contributed by atoms with Crippen molar-refractivity contribution in [3.8, 4) is 5.75 Å². The number of hydrogen-bond donors (Lipinski definition) is 0. The second-order valence-corrected chi connectivity index (χ2v) is 6.62. The van der Waals surface area contributed by atoms with Crippen LogP contribution in [-0.2, 0) is 5.88 Å². The minimum atomic E-state index is 0.143. The Balaban J connectivity index is 2.04. The molecule has 0 bridgehead atoms. The molecule has 0 spiro atoms. The van der Waals surface area contributed by atoms with E-state index in [1.165, 1.54) is 19.3 Å². The zero-order valence-corrected chi connectivity index (χ0v) is 13.7.